The van der Waals surface area contributed by atoms with Gasteiger partial charge in [0.15, 0.2) is 5.11 Å². The Labute approximate surface area is 170 Å². The van der Waals surface area contributed by atoms with Crippen LogP contribution in [0, 0.1) is 10.1 Å². The van der Waals surface area contributed by atoms with Gasteiger partial charge >= 0.3 is 0 Å². The maximum Gasteiger partial charge on any atom is 0.270 e. The Morgan fingerprint density at radius 2 is 2.10 bits per heavy atom. The molecule has 10 heteroatoms. The first-order valence-corrected chi connectivity index (χ1v) is 8.69. The highest BCUT2D eigenvalue weighted by atomic mass is 32.1. The Morgan fingerprint density at radius 1 is 1.34 bits per heavy atom. The zero-order valence-electron chi connectivity index (χ0n) is 15.2. The van der Waals surface area contributed by atoms with Gasteiger partial charge in [0.2, 0.25) is 0 Å². The summed E-state index contributed by atoms with van der Waals surface area (Å²) in [6.45, 7) is 3.70. The van der Waals surface area contributed by atoms with Crippen molar-refractivity contribution >= 4 is 40.9 Å². The second-order valence-electron chi connectivity index (χ2n) is 5.87. The maximum absolute atomic E-state index is 12.6. The third kappa shape index (κ3) is 3.92. The van der Waals surface area contributed by atoms with Gasteiger partial charge in [0.25, 0.3) is 17.5 Å². The zero-order valence-corrected chi connectivity index (χ0v) is 16.0. The van der Waals surface area contributed by atoms with Crippen LogP contribution >= 0.6 is 12.2 Å². The second-order valence-corrected chi connectivity index (χ2v) is 6.25. The van der Waals surface area contributed by atoms with Crippen LogP contribution in [0.3, 0.4) is 0 Å². The predicted octanol–water partition coefficient (Wildman–Crippen LogP) is 2.68. The normalized spacial score (nSPS) is 15.4. The van der Waals surface area contributed by atoms with Crippen LogP contribution < -0.4 is 10.1 Å². The number of nitrogens with zero attached hydrogens (tertiary/aromatic N) is 2. The molecule has 0 aliphatic carbocycles. The van der Waals surface area contributed by atoms with Crippen molar-refractivity contribution < 1.29 is 23.7 Å². The lowest BCUT2D eigenvalue weighted by molar-refractivity contribution is -0.384. The van der Waals surface area contributed by atoms with Gasteiger partial charge in [-0.05, 0) is 36.5 Å². The molecule has 0 spiro atoms. The Bertz CT molecular complexity index is 1070. The van der Waals surface area contributed by atoms with Crippen LogP contribution in [0.25, 0.3) is 17.4 Å². The highest BCUT2D eigenvalue weighted by molar-refractivity contribution is 7.80. The van der Waals surface area contributed by atoms with E-state index in [1.54, 1.807) is 6.07 Å². The van der Waals surface area contributed by atoms with E-state index in [4.69, 9.17) is 21.4 Å². The number of thiocarbonyl (C=S) groups is 1. The molecule has 1 fully saturated rings. The third-order valence-electron chi connectivity index (χ3n) is 4.07. The summed E-state index contributed by atoms with van der Waals surface area (Å²) in [7, 11) is 1.43. The summed E-state index contributed by atoms with van der Waals surface area (Å²) in [6, 6.07) is 7.19. The molecular weight excluding hydrogens is 398 g/mol. The second kappa shape index (κ2) is 8.07. The number of methoxy groups -OCH3 is 1. The average Bonchev–Trinajstić information content (AvgIpc) is 3.16. The molecule has 0 unspecified atom stereocenters. The molecule has 1 aliphatic rings. The molecule has 1 N–H and O–H groups in total. The van der Waals surface area contributed by atoms with E-state index in [9.17, 15) is 19.7 Å². The van der Waals surface area contributed by atoms with Gasteiger partial charge in [0, 0.05) is 18.7 Å². The standard InChI is InChI=1S/C19H15N3O6S/c1-3-8-21-18(24)14(17(23)20-19(21)29)10-12-5-7-16(28-12)13-9-11(22(25)26)4-6-15(13)27-2/h3-7,9-10H,1,8H2,2H3,(H,20,23,29)/b14-10-. The summed E-state index contributed by atoms with van der Waals surface area (Å²) in [4.78, 5) is 36.5. The van der Waals surface area contributed by atoms with Gasteiger partial charge in [0.05, 0.1) is 17.6 Å². The number of nitrogens with one attached hydrogen (secondary N) is 1. The molecule has 1 aromatic heterocycles. The average molecular weight is 413 g/mol. The molecule has 1 saturated heterocycles. The van der Waals surface area contributed by atoms with Crippen LogP contribution in [0.2, 0.25) is 0 Å². The summed E-state index contributed by atoms with van der Waals surface area (Å²) < 4.78 is 10.9. The molecule has 1 aliphatic heterocycles. The molecule has 2 aromatic rings. The number of furan rings is 1. The first kappa shape index (κ1) is 20.0. The highest BCUT2D eigenvalue weighted by Crippen LogP contribution is 2.34. The Morgan fingerprint density at radius 3 is 2.76 bits per heavy atom. The van der Waals surface area contributed by atoms with E-state index in [1.807, 2.05) is 0 Å². The number of hydrogen-bond acceptors (Lipinski definition) is 7. The van der Waals surface area contributed by atoms with E-state index in [2.05, 4.69) is 11.9 Å². The molecule has 9 nitrogen and oxygen atoms in total. The Hall–Kier alpha value is -3.79. The minimum absolute atomic E-state index is 0.00137. The predicted molar refractivity (Wildman–Crippen MR) is 108 cm³/mol. The van der Waals surface area contributed by atoms with E-state index in [0.717, 1.165) is 0 Å². The number of ether oxygens (including phenoxy) is 1. The number of hydrogen-bond donors (Lipinski definition) is 1. The summed E-state index contributed by atoms with van der Waals surface area (Å²) in [6.07, 6.45) is 2.77. The van der Waals surface area contributed by atoms with Gasteiger partial charge < -0.3 is 9.15 Å². The van der Waals surface area contributed by atoms with E-state index in [1.165, 1.54) is 48.4 Å². The van der Waals surface area contributed by atoms with E-state index >= 15 is 0 Å². The molecule has 3 rings (SSSR count). The molecule has 0 bridgehead atoms. The number of carbonyl (C=O) groups is 2. The van der Waals surface area contributed by atoms with Gasteiger partial charge in [0.1, 0.15) is 22.8 Å². The molecule has 2 amide bonds. The van der Waals surface area contributed by atoms with Crippen molar-refractivity contribution in [2.45, 2.75) is 0 Å². The highest BCUT2D eigenvalue weighted by Gasteiger charge is 2.33. The molecule has 0 radical (unpaired) electrons. The van der Waals surface area contributed by atoms with Gasteiger partial charge in [-0.1, -0.05) is 6.08 Å². The molecule has 1 aromatic carbocycles. The first-order chi connectivity index (χ1) is 13.8. The van der Waals surface area contributed by atoms with Crippen LogP contribution in [0.4, 0.5) is 5.69 Å². The van der Waals surface area contributed by atoms with Crippen LogP contribution in [-0.4, -0.2) is 40.4 Å². The van der Waals surface area contributed by atoms with Crippen molar-refractivity contribution in [1.29, 1.82) is 0 Å². The van der Waals surface area contributed by atoms with E-state index in [0.29, 0.717) is 11.3 Å². The molecule has 0 saturated carbocycles. The van der Waals surface area contributed by atoms with Gasteiger partial charge in [-0.3, -0.25) is 29.9 Å². The fourth-order valence-corrected chi connectivity index (χ4v) is 2.96. The summed E-state index contributed by atoms with van der Waals surface area (Å²) >= 11 is 5.00. The zero-order chi connectivity index (χ0) is 21.1. The lowest BCUT2D eigenvalue weighted by Crippen LogP contribution is -2.53. The molecule has 148 valence electrons. The molecular formula is C19H15N3O6S. The topological polar surface area (TPSA) is 115 Å². The lowest BCUT2D eigenvalue weighted by atomic mass is 10.1. The fraction of sp³-hybridized carbons (Fsp3) is 0.105. The first-order valence-electron chi connectivity index (χ1n) is 8.28. The van der Waals surface area contributed by atoms with Crippen molar-refractivity contribution in [2.24, 2.45) is 0 Å². The SMILES string of the molecule is C=CCN1C(=O)/C(=C\c2ccc(-c3cc([N+](=O)[O-])ccc3OC)o2)C(=O)NC1=S. The number of nitro groups is 1. The minimum atomic E-state index is -0.647. The summed E-state index contributed by atoms with van der Waals surface area (Å²) in [5.41, 5.74) is 0.0695. The molecule has 2 heterocycles. The van der Waals surface area contributed by atoms with Crippen molar-refractivity contribution in [3.63, 3.8) is 0 Å². The summed E-state index contributed by atoms with van der Waals surface area (Å²) in [5.74, 6) is -0.369. The molecule has 0 atom stereocenters. The number of amides is 2. The van der Waals surface area contributed by atoms with Gasteiger partial charge in [-0.25, -0.2) is 0 Å². The monoisotopic (exact) mass is 413 g/mol. The van der Waals surface area contributed by atoms with E-state index < -0.39 is 16.7 Å². The Kier molecular flexibility index (Phi) is 5.55. The van der Waals surface area contributed by atoms with Crippen molar-refractivity contribution in [2.75, 3.05) is 13.7 Å². The van der Waals surface area contributed by atoms with Crippen molar-refractivity contribution in [3.8, 4) is 17.1 Å². The minimum Gasteiger partial charge on any atom is -0.496 e. The lowest BCUT2D eigenvalue weighted by Gasteiger charge is -2.27. The van der Waals surface area contributed by atoms with Crippen LogP contribution in [0.15, 0.2) is 53.0 Å². The third-order valence-corrected chi connectivity index (χ3v) is 4.39. The smallest absolute Gasteiger partial charge is 0.270 e. The fourth-order valence-electron chi connectivity index (χ4n) is 2.71. The van der Waals surface area contributed by atoms with Crippen molar-refractivity contribution in [3.05, 3.63) is 64.4 Å². The van der Waals surface area contributed by atoms with E-state index in [-0.39, 0.29) is 34.4 Å². The summed E-state index contributed by atoms with van der Waals surface area (Å²) in [5, 5.41) is 13.5. The van der Waals surface area contributed by atoms with Crippen molar-refractivity contribution in [1.82, 2.24) is 10.2 Å². The molecule has 29 heavy (non-hydrogen) atoms. The van der Waals surface area contributed by atoms with Gasteiger partial charge in [-0.15, -0.1) is 6.58 Å². The number of nitro benzene ring substituents is 1. The number of non-ortho nitro benzene ring substituents is 1. The largest absolute Gasteiger partial charge is 0.496 e. The van der Waals surface area contributed by atoms with Crippen LogP contribution in [0.1, 0.15) is 5.76 Å². The number of rotatable bonds is 6. The Balaban J connectivity index is 1.98. The van der Waals surface area contributed by atoms with Crippen LogP contribution in [-0.2, 0) is 9.59 Å². The van der Waals surface area contributed by atoms with Gasteiger partial charge in [-0.2, -0.15) is 0 Å². The number of benzene rings is 1. The number of carbonyl (C=O) groups excluding carboxylic acids is 2. The van der Waals surface area contributed by atoms with Crippen LogP contribution in [0.5, 0.6) is 5.75 Å². The quantitative estimate of drug-likeness (QED) is 0.193. The maximum atomic E-state index is 12.6.